The van der Waals surface area contributed by atoms with Gasteiger partial charge in [0, 0.05) is 5.02 Å². The average Bonchev–Trinajstić information content (AvgIpc) is 2.95. The molecule has 0 aromatic heterocycles. The molecule has 27 heavy (non-hydrogen) atoms. The van der Waals surface area contributed by atoms with Gasteiger partial charge in [-0.25, -0.2) is 9.79 Å². The summed E-state index contributed by atoms with van der Waals surface area (Å²) in [4.78, 5) is 27.8. The molecule has 8 heteroatoms. The smallest absolute Gasteiger partial charge is 0.344 e. The topological polar surface area (TPSA) is 88.0 Å². The van der Waals surface area contributed by atoms with Gasteiger partial charge in [0.05, 0.1) is 10.6 Å². The summed E-state index contributed by atoms with van der Waals surface area (Å²) in [5.41, 5.74) is 1.44. The summed E-state index contributed by atoms with van der Waals surface area (Å²) >= 11 is 7.17. The first kappa shape index (κ1) is 19.0. The molecule has 0 bridgehead atoms. The second kappa shape index (κ2) is 8.28. The number of halogens is 1. The molecule has 1 fully saturated rings. The number of aliphatic imine (C=N–C) groups is 1. The van der Waals surface area contributed by atoms with Crippen molar-refractivity contribution in [2.24, 2.45) is 4.99 Å². The Balaban J connectivity index is 1.72. The van der Waals surface area contributed by atoms with Crippen molar-refractivity contribution in [3.05, 3.63) is 64.0 Å². The van der Waals surface area contributed by atoms with E-state index in [1.165, 1.54) is 18.7 Å². The van der Waals surface area contributed by atoms with E-state index in [9.17, 15) is 9.59 Å². The molecule has 0 radical (unpaired) electrons. The quantitative estimate of drug-likeness (QED) is 0.735. The molecule has 0 spiro atoms. The van der Waals surface area contributed by atoms with Crippen LogP contribution in [0.4, 0.5) is 5.69 Å². The Bertz CT molecular complexity index is 941. The monoisotopic (exact) mass is 402 g/mol. The summed E-state index contributed by atoms with van der Waals surface area (Å²) in [6.45, 7) is 1.46. The van der Waals surface area contributed by atoms with Crippen molar-refractivity contribution in [3.8, 4) is 5.75 Å². The maximum atomic E-state index is 12.1. The van der Waals surface area contributed by atoms with Gasteiger partial charge in [0.1, 0.15) is 5.75 Å². The minimum absolute atomic E-state index is 0.236. The average molecular weight is 403 g/mol. The highest BCUT2D eigenvalue weighted by molar-refractivity contribution is 8.18. The van der Waals surface area contributed by atoms with Crippen LogP contribution in [0.2, 0.25) is 5.02 Å². The van der Waals surface area contributed by atoms with Crippen LogP contribution in [0.15, 0.2) is 58.4 Å². The van der Waals surface area contributed by atoms with Gasteiger partial charge in [-0.1, -0.05) is 29.8 Å². The zero-order valence-corrected chi connectivity index (χ0v) is 15.8. The number of ether oxygens (including phenoxy) is 1. The zero-order valence-electron chi connectivity index (χ0n) is 14.2. The van der Waals surface area contributed by atoms with E-state index < -0.39 is 12.1 Å². The Kier molecular flexibility index (Phi) is 5.83. The number of amidine groups is 1. The number of nitrogens with one attached hydrogen (secondary N) is 1. The minimum Gasteiger partial charge on any atom is -0.479 e. The van der Waals surface area contributed by atoms with Gasteiger partial charge in [0.2, 0.25) is 0 Å². The van der Waals surface area contributed by atoms with E-state index in [-0.39, 0.29) is 5.91 Å². The first-order valence-electron chi connectivity index (χ1n) is 7.95. The summed E-state index contributed by atoms with van der Waals surface area (Å²) in [6, 6.07) is 13.8. The number of hydrogen-bond donors (Lipinski definition) is 2. The normalized spacial score (nSPS) is 17.8. The second-order valence-corrected chi connectivity index (χ2v) is 7.10. The predicted molar refractivity (Wildman–Crippen MR) is 106 cm³/mol. The van der Waals surface area contributed by atoms with E-state index in [2.05, 4.69) is 10.3 Å². The van der Waals surface area contributed by atoms with Crippen molar-refractivity contribution < 1.29 is 19.4 Å². The number of carboxylic acid groups (broad SMARTS) is 1. The molecule has 2 aromatic rings. The van der Waals surface area contributed by atoms with Gasteiger partial charge in [-0.05, 0) is 60.7 Å². The van der Waals surface area contributed by atoms with E-state index in [0.717, 1.165) is 5.56 Å². The zero-order chi connectivity index (χ0) is 19.4. The number of rotatable bonds is 5. The van der Waals surface area contributed by atoms with E-state index in [4.69, 9.17) is 21.4 Å². The van der Waals surface area contributed by atoms with Crippen LogP contribution in [-0.4, -0.2) is 28.3 Å². The van der Waals surface area contributed by atoms with Crippen LogP contribution in [0.25, 0.3) is 6.08 Å². The molecule has 138 valence electrons. The summed E-state index contributed by atoms with van der Waals surface area (Å²) in [5, 5.41) is 12.6. The van der Waals surface area contributed by atoms with Crippen molar-refractivity contribution in [2.75, 3.05) is 0 Å². The molecule has 1 aliphatic rings. The lowest BCUT2D eigenvalue weighted by atomic mass is 10.2. The maximum absolute atomic E-state index is 12.1. The third-order valence-corrected chi connectivity index (χ3v) is 4.67. The van der Waals surface area contributed by atoms with Gasteiger partial charge in [0.15, 0.2) is 11.3 Å². The second-order valence-electron chi connectivity index (χ2n) is 5.63. The number of carbonyl (C=O) groups is 2. The minimum atomic E-state index is -1.04. The largest absolute Gasteiger partial charge is 0.479 e. The summed E-state index contributed by atoms with van der Waals surface area (Å²) in [6.07, 6.45) is 0.792. The van der Waals surface area contributed by atoms with Crippen LogP contribution in [0.3, 0.4) is 0 Å². The summed E-state index contributed by atoms with van der Waals surface area (Å²) in [5.74, 6) is -0.828. The molecule has 3 rings (SSSR count). The predicted octanol–water partition coefficient (Wildman–Crippen LogP) is 4.08. The molecule has 2 aromatic carbocycles. The highest BCUT2D eigenvalue weighted by Gasteiger charge is 2.23. The SMILES string of the molecule is CC(Oc1ccc(C=C2SC(=Nc3cccc(Cl)c3)NC2=O)cc1)C(=O)O. The molecule has 0 aliphatic carbocycles. The standard InChI is InChI=1S/C19H15ClN2O4S/c1-11(18(24)25)26-15-7-5-12(6-8-15)9-16-17(23)22-19(27-16)21-14-4-2-3-13(20)10-14/h2-11H,1H3,(H,24,25)(H,21,22,23). The van der Waals surface area contributed by atoms with Crippen LogP contribution in [-0.2, 0) is 9.59 Å². The fourth-order valence-electron chi connectivity index (χ4n) is 2.19. The lowest BCUT2D eigenvalue weighted by Gasteiger charge is -2.10. The molecule has 1 atom stereocenters. The number of benzene rings is 2. The third kappa shape index (κ3) is 5.12. The lowest BCUT2D eigenvalue weighted by molar-refractivity contribution is -0.144. The molecule has 1 saturated heterocycles. The van der Waals surface area contributed by atoms with Crippen LogP contribution >= 0.6 is 23.4 Å². The molecular formula is C19H15ClN2O4S. The fraction of sp³-hybridized carbons (Fsp3) is 0.105. The highest BCUT2D eigenvalue weighted by Crippen LogP contribution is 2.29. The van der Waals surface area contributed by atoms with Gasteiger partial charge in [-0.2, -0.15) is 0 Å². The third-order valence-electron chi connectivity index (χ3n) is 3.53. The molecular weight excluding hydrogens is 388 g/mol. The van der Waals surface area contributed by atoms with Crippen molar-refractivity contribution >= 4 is 52.2 Å². The van der Waals surface area contributed by atoms with Crippen LogP contribution in [0, 0.1) is 0 Å². The molecule has 6 nitrogen and oxygen atoms in total. The van der Waals surface area contributed by atoms with Crippen LogP contribution in [0.5, 0.6) is 5.75 Å². The Labute approximate surface area is 164 Å². The molecule has 1 aliphatic heterocycles. The van der Waals surface area contributed by atoms with Crippen molar-refractivity contribution in [1.29, 1.82) is 0 Å². The Morgan fingerprint density at radius 1 is 1.30 bits per heavy atom. The first-order chi connectivity index (χ1) is 12.9. The van der Waals surface area contributed by atoms with Gasteiger partial charge in [-0.15, -0.1) is 0 Å². The Morgan fingerprint density at radius 2 is 2.04 bits per heavy atom. The van der Waals surface area contributed by atoms with E-state index in [1.54, 1.807) is 54.6 Å². The van der Waals surface area contributed by atoms with Gasteiger partial charge < -0.3 is 15.2 Å². The number of thioether (sulfide) groups is 1. The van der Waals surface area contributed by atoms with Crippen LogP contribution in [0.1, 0.15) is 12.5 Å². The van der Waals surface area contributed by atoms with E-state index in [1.807, 2.05) is 0 Å². The van der Waals surface area contributed by atoms with Gasteiger partial charge in [0.25, 0.3) is 5.91 Å². The van der Waals surface area contributed by atoms with Crippen molar-refractivity contribution in [3.63, 3.8) is 0 Å². The van der Waals surface area contributed by atoms with Crippen molar-refractivity contribution in [1.82, 2.24) is 5.32 Å². The van der Waals surface area contributed by atoms with Gasteiger partial charge >= 0.3 is 5.97 Å². The van der Waals surface area contributed by atoms with Crippen molar-refractivity contribution in [2.45, 2.75) is 13.0 Å². The fourth-order valence-corrected chi connectivity index (χ4v) is 3.22. The number of carboxylic acids is 1. The number of hydrogen-bond acceptors (Lipinski definition) is 5. The number of amides is 1. The molecule has 1 amide bonds. The number of aliphatic carboxylic acids is 1. The lowest BCUT2D eigenvalue weighted by Crippen LogP contribution is -2.22. The Morgan fingerprint density at radius 3 is 2.70 bits per heavy atom. The highest BCUT2D eigenvalue weighted by atomic mass is 35.5. The van der Waals surface area contributed by atoms with Crippen LogP contribution < -0.4 is 10.1 Å². The molecule has 0 saturated carbocycles. The molecule has 2 N–H and O–H groups in total. The summed E-state index contributed by atoms with van der Waals surface area (Å²) in [7, 11) is 0. The number of carbonyl (C=O) groups excluding carboxylic acids is 1. The first-order valence-corrected chi connectivity index (χ1v) is 9.15. The van der Waals surface area contributed by atoms with Gasteiger partial charge in [-0.3, -0.25) is 4.79 Å². The molecule has 1 heterocycles. The van der Waals surface area contributed by atoms with E-state index >= 15 is 0 Å². The number of nitrogens with zero attached hydrogens (tertiary/aromatic N) is 1. The van der Waals surface area contributed by atoms with E-state index in [0.29, 0.717) is 26.5 Å². The maximum Gasteiger partial charge on any atom is 0.344 e. The Hall–Kier alpha value is -2.77. The summed E-state index contributed by atoms with van der Waals surface area (Å²) < 4.78 is 5.28. The molecule has 1 unspecified atom stereocenters.